The Balaban J connectivity index is 1.34. The predicted octanol–water partition coefficient (Wildman–Crippen LogP) is 1.13. The number of esters is 1. The van der Waals surface area contributed by atoms with Gasteiger partial charge in [-0.25, -0.2) is 0 Å². The molecule has 0 aromatic rings. The van der Waals surface area contributed by atoms with Gasteiger partial charge in [0.2, 0.25) is 5.79 Å². The highest BCUT2D eigenvalue weighted by Crippen LogP contribution is 2.85. The maximum absolute atomic E-state index is 14.4. The maximum Gasteiger partial charge on any atom is 0.310 e. The number of rotatable bonds is 2. The zero-order valence-electron chi connectivity index (χ0n) is 20.5. The SMILES string of the molecule is C=C1[C@@H]2CC[C@H]3[C@@]45CO[C@](O)([C@@H](O)[C@@H]4C(C)(C)CCC5=O)[C@]34C(=O)C1(OC(=O)C1CCNCC1)[C@H]24. The molecule has 2 bridgehead atoms. The van der Waals surface area contributed by atoms with Gasteiger partial charge < -0.3 is 25.0 Å². The van der Waals surface area contributed by atoms with Crippen molar-refractivity contribution in [3.05, 3.63) is 12.2 Å². The van der Waals surface area contributed by atoms with E-state index in [1.807, 2.05) is 13.8 Å². The van der Waals surface area contributed by atoms with Crippen LogP contribution in [-0.4, -0.2) is 64.9 Å². The molecule has 8 rings (SSSR count). The summed E-state index contributed by atoms with van der Waals surface area (Å²) in [6, 6.07) is 0. The largest absolute Gasteiger partial charge is 0.446 e. The van der Waals surface area contributed by atoms with Crippen molar-refractivity contribution in [2.75, 3.05) is 19.7 Å². The van der Waals surface area contributed by atoms with Crippen LogP contribution in [0.5, 0.6) is 0 Å². The van der Waals surface area contributed by atoms with Crippen LogP contribution in [0.15, 0.2) is 12.2 Å². The average Bonchev–Trinajstić information content (AvgIpc) is 2.85. The number of hydrogen-bond donors (Lipinski definition) is 3. The number of aliphatic hydroxyl groups excluding tert-OH is 1. The summed E-state index contributed by atoms with van der Waals surface area (Å²) in [7, 11) is 0. The van der Waals surface area contributed by atoms with Crippen molar-refractivity contribution in [1.82, 2.24) is 5.32 Å². The van der Waals surface area contributed by atoms with Crippen molar-refractivity contribution in [2.24, 2.45) is 45.8 Å². The molecule has 8 fully saturated rings. The Morgan fingerprint density at radius 1 is 1.14 bits per heavy atom. The number of fused-ring (bicyclic) bond motifs is 1. The number of ketones is 2. The van der Waals surface area contributed by atoms with Crippen molar-refractivity contribution in [1.29, 1.82) is 0 Å². The number of ether oxygens (including phenoxy) is 2. The van der Waals surface area contributed by atoms with Crippen LogP contribution < -0.4 is 5.32 Å². The summed E-state index contributed by atoms with van der Waals surface area (Å²) < 4.78 is 12.1. The number of piperidine rings is 1. The second kappa shape index (κ2) is 6.44. The lowest BCUT2D eigenvalue weighted by molar-refractivity contribution is -0.465. The molecule has 190 valence electrons. The Morgan fingerprint density at radius 3 is 2.57 bits per heavy atom. The maximum atomic E-state index is 14.4. The van der Waals surface area contributed by atoms with Crippen LogP contribution in [0.3, 0.4) is 0 Å². The molecule has 8 aliphatic rings. The van der Waals surface area contributed by atoms with Gasteiger partial charge in [0, 0.05) is 18.3 Å². The molecule has 8 nitrogen and oxygen atoms in total. The highest BCUT2D eigenvalue weighted by atomic mass is 16.6. The molecule has 3 saturated heterocycles. The zero-order chi connectivity index (χ0) is 24.8. The van der Waals surface area contributed by atoms with Crippen molar-refractivity contribution in [2.45, 2.75) is 69.9 Å². The van der Waals surface area contributed by atoms with E-state index in [9.17, 15) is 24.6 Å². The molecule has 3 heterocycles. The van der Waals surface area contributed by atoms with Gasteiger partial charge in [-0.05, 0) is 68.0 Å². The van der Waals surface area contributed by atoms with Crippen molar-refractivity contribution < 1.29 is 34.1 Å². The summed E-state index contributed by atoms with van der Waals surface area (Å²) in [4.78, 5) is 41.3. The molecule has 5 aliphatic carbocycles. The molecule has 3 aliphatic heterocycles. The van der Waals surface area contributed by atoms with E-state index in [1.165, 1.54) is 0 Å². The summed E-state index contributed by atoms with van der Waals surface area (Å²) in [5, 5.41) is 27.1. The van der Waals surface area contributed by atoms with E-state index >= 15 is 0 Å². The number of aliphatic hydroxyl groups is 2. The van der Waals surface area contributed by atoms with Gasteiger partial charge in [-0.3, -0.25) is 14.4 Å². The van der Waals surface area contributed by atoms with E-state index < -0.39 is 63.2 Å². The Morgan fingerprint density at radius 2 is 1.86 bits per heavy atom. The summed E-state index contributed by atoms with van der Waals surface area (Å²) in [6.45, 7) is 9.72. The minimum atomic E-state index is -2.11. The van der Waals surface area contributed by atoms with Crippen LogP contribution in [-0.2, 0) is 23.9 Å². The highest BCUT2D eigenvalue weighted by Gasteiger charge is 2.97. The number of hydrogen-bond acceptors (Lipinski definition) is 8. The Bertz CT molecular complexity index is 1080. The molecule has 3 N–H and O–H groups in total. The lowest BCUT2D eigenvalue weighted by atomic mass is 9.21. The molecule has 5 saturated carbocycles. The second-order valence-electron chi connectivity index (χ2n) is 13.0. The van der Waals surface area contributed by atoms with Crippen molar-refractivity contribution >= 4 is 17.5 Å². The number of nitrogens with one attached hydrogen (secondary N) is 1. The zero-order valence-corrected chi connectivity index (χ0v) is 20.5. The van der Waals surface area contributed by atoms with Gasteiger partial charge in [-0.15, -0.1) is 0 Å². The summed E-state index contributed by atoms with van der Waals surface area (Å²) in [6.07, 6.45) is 2.23. The molecule has 9 atom stereocenters. The fourth-order valence-electron chi connectivity index (χ4n) is 10.2. The average molecular weight is 486 g/mol. The summed E-state index contributed by atoms with van der Waals surface area (Å²) in [5.41, 5.74) is -3.74. The molecule has 0 aromatic heterocycles. The normalized spacial score (nSPS) is 53.6. The smallest absolute Gasteiger partial charge is 0.310 e. The molecule has 0 radical (unpaired) electrons. The van der Waals surface area contributed by atoms with Crippen LogP contribution in [0.4, 0.5) is 0 Å². The quantitative estimate of drug-likeness (QED) is 0.393. The molecular weight excluding hydrogens is 450 g/mol. The monoisotopic (exact) mass is 485 g/mol. The van der Waals surface area contributed by atoms with Crippen LogP contribution in [0.25, 0.3) is 0 Å². The van der Waals surface area contributed by atoms with Gasteiger partial charge in [0.05, 0.1) is 17.9 Å². The molecule has 2 spiro atoms. The third-order valence-corrected chi connectivity index (χ3v) is 11.6. The minimum Gasteiger partial charge on any atom is -0.446 e. The van der Waals surface area contributed by atoms with E-state index in [2.05, 4.69) is 11.9 Å². The van der Waals surface area contributed by atoms with E-state index in [1.54, 1.807) is 0 Å². The Kier molecular flexibility index (Phi) is 4.15. The van der Waals surface area contributed by atoms with Gasteiger partial charge >= 0.3 is 5.97 Å². The van der Waals surface area contributed by atoms with Crippen LogP contribution in [0.2, 0.25) is 0 Å². The lowest BCUT2D eigenvalue weighted by Gasteiger charge is -2.84. The number of carbonyl (C=O) groups is 3. The Labute approximate surface area is 204 Å². The Hall–Kier alpha value is -1.61. The van der Waals surface area contributed by atoms with Crippen LogP contribution in [0.1, 0.15) is 52.4 Å². The van der Waals surface area contributed by atoms with Crippen molar-refractivity contribution in [3.8, 4) is 0 Å². The first kappa shape index (κ1) is 22.6. The minimum absolute atomic E-state index is 0.0212. The van der Waals surface area contributed by atoms with Crippen LogP contribution >= 0.6 is 0 Å². The van der Waals surface area contributed by atoms with E-state index in [0.717, 1.165) is 19.5 Å². The van der Waals surface area contributed by atoms with Gasteiger partial charge in [0.15, 0.2) is 11.4 Å². The van der Waals surface area contributed by atoms with Gasteiger partial charge in [0.25, 0.3) is 0 Å². The fraction of sp³-hybridized carbons (Fsp3) is 0.815. The fourth-order valence-corrected chi connectivity index (χ4v) is 10.2. The molecule has 8 heteroatoms. The van der Waals surface area contributed by atoms with Gasteiger partial charge in [-0.2, -0.15) is 0 Å². The molecule has 0 amide bonds. The van der Waals surface area contributed by atoms with Crippen LogP contribution in [0, 0.1) is 45.8 Å². The first-order valence-corrected chi connectivity index (χ1v) is 13.3. The molecule has 0 aromatic carbocycles. The summed E-state index contributed by atoms with van der Waals surface area (Å²) >= 11 is 0. The molecule has 1 unspecified atom stereocenters. The standard InChI is InChI=1S/C27H35NO7/c1-13-15-4-5-16-24-12-34-27(33,20(30)19(24)23(2,3)9-6-17(24)29)25(16)18(15)26(13,22(25)32)35-21(31)14-7-10-28-11-8-14/h14-16,18-20,28,30,33H,1,4-12H2,2-3H3/t15-,16-,18+,19+,20-,24+,25+,26?,27+/m0/s1. The number of Topliss-reactive ketones (excluding diaryl/α,β-unsaturated/α-hetero) is 2. The van der Waals surface area contributed by atoms with Gasteiger partial charge in [0.1, 0.15) is 17.3 Å². The third-order valence-electron chi connectivity index (χ3n) is 11.6. The first-order valence-electron chi connectivity index (χ1n) is 13.3. The molecular formula is C27H35NO7. The van der Waals surface area contributed by atoms with Crippen molar-refractivity contribution in [3.63, 3.8) is 0 Å². The second-order valence-corrected chi connectivity index (χ2v) is 13.0. The van der Waals surface area contributed by atoms with E-state index in [-0.39, 0.29) is 24.2 Å². The van der Waals surface area contributed by atoms with Gasteiger partial charge in [-0.1, -0.05) is 20.4 Å². The highest BCUT2D eigenvalue weighted by molar-refractivity contribution is 6.10. The topological polar surface area (TPSA) is 122 Å². The molecule has 35 heavy (non-hydrogen) atoms. The lowest BCUT2D eigenvalue weighted by Crippen LogP contribution is -2.97. The number of carbonyl (C=O) groups excluding carboxylic acids is 3. The predicted molar refractivity (Wildman–Crippen MR) is 122 cm³/mol. The van der Waals surface area contributed by atoms with E-state index in [4.69, 9.17) is 9.47 Å². The summed E-state index contributed by atoms with van der Waals surface area (Å²) in [5.74, 6) is -4.73. The third kappa shape index (κ3) is 2.06. The van der Waals surface area contributed by atoms with E-state index in [0.29, 0.717) is 37.7 Å². The first-order chi connectivity index (χ1) is 16.5.